The maximum Gasteiger partial charge on any atom is 0.141 e. The lowest BCUT2D eigenvalue weighted by atomic mass is 10.1. The fraction of sp³-hybridized carbons (Fsp3) is 0.200. The Balaban J connectivity index is 1.86. The molecule has 0 bridgehead atoms. The highest BCUT2D eigenvalue weighted by atomic mass is 35.5. The quantitative estimate of drug-likeness (QED) is 0.895. The van der Waals surface area contributed by atoms with Crippen LogP contribution in [0.4, 0.5) is 15.8 Å². The third-order valence-corrected chi connectivity index (χ3v) is 3.59. The second kappa shape index (κ2) is 5.10. The van der Waals surface area contributed by atoms with Crippen LogP contribution in [0.5, 0.6) is 0 Å². The Kier molecular flexibility index (Phi) is 3.30. The van der Waals surface area contributed by atoms with Gasteiger partial charge < -0.3 is 10.2 Å². The average Bonchev–Trinajstić information content (AvgIpc) is 2.43. The zero-order valence-electron chi connectivity index (χ0n) is 10.4. The van der Waals surface area contributed by atoms with E-state index in [-0.39, 0.29) is 10.8 Å². The molecule has 4 heteroatoms. The Morgan fingerprint density at radius 3 is 2.89 bits per heavy atom. The molecule has 1 heterocycles. The third-order valence-electron chi connectivity index (χ3n) is 3.30. The van der Waals surface area contributed by atoms with Gasteiger partial charge in [0, 0.05) is 19.6 Å². The fourth-order valence-electron chi connectivity index (χ4n) is 2.37. The number of nitrogens with zero attached hydrogens (tertiary/aromatic N) is 1. The third kappa shape index (κ3) is 2.51. The van der Waals surface area contributed by atoms with E-state index in [0.717, 1.165) is 30.9 Å². The maximum absolute atomic E-state index is 13.2. The van der Waals surface area contributed by atoms with Crippen molar-refractivity contribution < 1.29 is 4.39 Å². The largest absolute Gasteiger partial charge is 0.382 e. The summed E-state index contributed by atoms with van der Waals surface area (Å²) in [6.45, 7) is 2.57. The summed E-state index contributed by atoms with van der Waals surface area (Å²) in [5.74, 6) is -0.369. The smallest absolute Gasteiger partial charge is 0.141 e. The van der Waals surface area contributed by atoms with Crippen molar-refractivity contribution in [3.63, 3.8) is 0 Å². The van der Waals surface area contributed by atoms with Crippen molar-refractivity contribution in [3.8, 4) is 0 Å². The number of nitrogens with one attached hydrogen (secondary N) is 1. The van der Waals surface area contributed by atoms with Gasteiger partial charge in [-0.1, -0.05) is 29.8 Å². The number of fused-ring (bicyclic) bond motifs is 1. The van der Waals surface area contributed by atoms with Gasteiger partial charge in [0.05, 0.1) is 16.4 Å². The molecule has 1 aliphatic rings. The Hall–Kier alpha value is -1.74. The molecule has 19 heavy (non-hydrogen) atoms. The van der Waals surface area contributed by atoms with Gasteiger partial charge in [0.1, 0.15) is 5.82 Å². The summed E-state index contributed by atoms with van der Waals surface area (Å²) in [6.07, 6.45) is 0. The molecule has 3 rings (SSSR count). The summed E-state index contributed by atoms with van der Waals surface area (Å²) in [7, 11) is 0. The Labute approximate surface area is 116 Å². The predicted octanol–water partition coefficient (Wildman–Crippen LogP) is 3.91. The average molecular weight is 277 g/mol. The summed E-state index contributed by atoms with van der Waals surface area (Å²) in [4.78, 5) is 2.27. The number of benzene rings is 2. The number of rotatable bonds is 2. The molecule has 1 aliphatic heterocycles. The molecule has 0 saturated heterocycles. The van der Waals surface area contributed by atoms with Gasteiger partial charge in [-0.15, -0.1) is 0 Å². The molecule has 2 nitrogen and oxygen atoms in total. The van der Waals surface area contributed by atoms with Crippen molar-refractivity contribution in [1.29, 1.82) is 0 Å². The van der Waals surface area contributed by atoms with Crippen molar-refractivity contribution in [2.24, 2.45) is 0 Å². The molecule has 0 unspecified atom stereocenters. The summed E-state index contributed by atoms with van der Waals surface area (Å²) >= 11 is 5.83. The van der Waals surface area contributed by atoms with Crippen LogP contribution in [0.15, 0.2) is 42.5 Å². The first-order chi connectivity index (χ1) is 9.24. The van der Waals surface area contributed by atoms with E-state index in [4.69, 9.17) is 11.6 Å². The first-order valence-electron chi connectivity index (χ1n) is 6.26. The molecule has 0 atom stereocenters. The van der Waals surface area contributed by atoms with Crippen molar-refractivity contribution in [2.45, 2.75) is 6.54 Å². The molecule has 0 amide bonds. The molecular formula is C15H14ClFN2. The van der Waals surface area contributed by atoms with Crippen LogP contribution in [0.25, 0.3) is 0 Å². The van der Waals surface area contributed by atoms with E-state index in [9.17, 15) is 4.39 Å². The molecule has 0 radical (unpaired) electrons. The van der Waals surface area contributed by atoms with Crippen molar-refractivity contribution in [1.82, 2.24) is 0 Å². The van der Waals surface area contributed by atoms with Crippen LogP contribution in [0.1, 0.15) is 5.56 Å². The minimum Gasteiger partial charge on any atom is -0.382 e. The molecule has 0 spiro atoms. The lowest BCUT2D eigenvalue weighted by Gasteiger charge is -2.32. The highest BCUT2D eigenvalue weighted by molar-refractivity contribution is 6.30. The maximum atomic E-state index is 13.2. The van der Waals surface area contributed by atoms with Gasteiger partial charge in [0.2, 0.25) is 0 Å². The summed E-state index contributed by atoms with van der Waals surface area (Å²) in [5, 5.41) is 3.55. The fourth-order valence-corrected chi connectivity index (χ4v) is 2.57. The second-order valence-corrected chi connectivity index (χ2v) is 5.02. The van der Waals surface area contributed by atoms with E-state index in [1.54, 1.807) is 12.1 Å². The highest BCUT2D eigenvalue weighted by Gasteiger charge is 2.16. The first-order valence-corrected chi connectivity index (χ1v) is 6.63. The number of hydrogen-bond donors (Lipinski definition) is 1. The first kappa shape index (κ1) is 12.3. The van der Waals surface area contributed by atoms with E-state index < -0.39 is 0 Å². The topological polar surface area (TPSA) is 15.3 Å². The molecule has 0 aliphatic carbocycles. The normalized spacial score (nSPS) is 13.9. The Bertz CT molecular complexity index is 600. The number of hydrogen-bond acceptors (Lipinski definition) is 2. The van der Waals surface area contributed by atoms with Crippen molar-refractivity contribution in [2.75, 3.05) is 23.3 Å². The molecule has 2 aromatic carbocycles. The molecule has 0 aromatic heterocycles. The molecule has 0 saturated carbocycles. The van der Waals surface area contributed by atoms with E-state index in [2.05, 4.69) is 22.3 Å². The van der Waals surface area contributed by atoms with Gasteiger partial charge in [0.15, 0.2) is 0 Å². The summed E-state index contributed by atoms with van der Waals surface area (Å²) < 4.78 is 13.2. The van der Waals surface area contributed by atoms with Crippen LogP contribution in [-0.4, -0.2) is 13.1 Å². The second-order valence-electron chi connectivity index (χ2n) is 4.61. The predicted molar refractivity (Wildman–Crippen MR) is 77.4 cm³/mol. The standard InChI is InChI=1S/C15H14ClFN2/c16-12-9-11(5-6-13(12)17)10-19-8-7-18-14-3-1-2-4-15(14)19/h1-6,9,18H,7-8,10H2. The molecule has 2 aromatic rings. The van der Waals surface area contributed by atoms with E-state index in [0.29, 0.717) is 0 Å². The number of anilines is 2. The van der Waals surface area contributed by atoms with Gasteiger partial charge in [-0.3, -0.25) is 0 Å². The van der Waals surface area contributed by atoms with Crippen molar-refractivity contribution in [3.05, 3.63) is 58.9 Å². The Morgan fingerprint density at radius 2 is 2.05 bits per heavy atom. The van der Waals surface area contributed by atoms with Crippen LogP contribution in [-0.2, 0) is 6.54 Å². The van der Waals surface area contributed by atoms with Crippen LogP contribution in [0.2, 0.25) is 5.02 Å². The van der Waals surface area contributed by atoms with Gasteiger partial charge in [-0.05, 0) is 29.8 Å². The number of halogens is 2. The van der Waals surface area contributed by atoms with Crippen molar-refractivity contribution >= 4 is 23.0 Å². The van der Waals surface area contributed by atoms with Gasteiger partial charge in [-0.25, -0.2) is 4.39 Å². The SMILES string of the molecule is Fc1ccc(CN2CCNc3ccccc32)cc1Cl. The minimum atomic E-state index is -0.369. The van der Waals surface area contributed by atoms with E-state index >= 15 is 0 Å². The van der Waals surface area contributed by atoms with Gasteiger partial charge >= 0.3 is 0 Å². The zero-order valence-corrected chi connectivity index (χ0v) is 11.1. The lowest BCUT2D eigenvalue weighted by molar-refractivity contribution is 0.627. The monoisotopic (exact) mass is 276 g/mol. The highest BCUT2D eigenvalue weighted by Crippen LogP contribution is 2.30. The van der Waals surface area contributed by atoms with E-state index in [1.807, 2.05) is 12.1 Å². The lowest BCUT2D eigenvalue weighted by Crippen LogP contribution is -2.33. The minimum absolute atomic E-state index is 0.181. The Morgan fingerprint density at radius 1 is 1.21 bits per heavy atom. The van der Waals surface area contributed by atoms with Crippen LogP contribution in [0, 0.1) is 5.82 Å². The molecule has 0 fully saturated rings. The summed E-state index contributed by atoms with van der Waals surface area (Å²) in [5.41, 5.74) is 3.33. The van der Waals surface area contributed by atoms with E-state index in [1.165, 1.54) is 11.8 Å². The molecule has 1 N–H and O–H groups in total. The zero-order chi connectivity index (χ0) is 13.2. The molecular weight excluding hydrogens is 263 g/mol. The van der Waals surface area contributed by atoms with Gasteiger partial charge in [-0.2, -0.15) is 0 Å². The van der Waals surface area contributed by atoms with Crippen LogP contribution < -0.4 is 10.2 Å². The number of para-hydroxylation sites is 2. The summed E-state index contributed by atoms with van der Waals surface area (Å²) in [6, 6.07) is 13.1. The van der Waals surface area contributed by atoms with Gasteiger partial charge in [0.25, 0.3) is 0 Å². The molecule has 98 valence electrons. The van der Waals surface area contributed by atoms with Crippen LogP contribution in [0.3, 0.4) is 0 Å². The van der Waals surface area contributed by atoms with Crippen LogP contribution >= 0.6 is 11.6 Å².